The third-order valence-electron chi connectivity index (χ3n) is 2.87. The second kappa shape index (κ2) is 5.54. The molecule has 0 fully saturated rings. The molecule has 0 saturated heterocycles. The van der Waals surface area contributed by atoms with Crippen LogP contribution in [0.5, 0.6) is 5.75 Å². The van der Waals surface area contributed by atoms with Crippen molar-refractivity contribution in [2.24, 2.45) is 0 Å². The van der Waals surface area contributed by atoms with Gasteiger partial charge in [0.15, 0.2) is 11.8 Å². The molecule has 0 radical (unpaired) electrons. The van der Waals surface area contributed by atoms with Gasteiger partial charge in [-0.25, -0.2) is 0 Å². The van der Waals surface area contributed by atoms with Crippen LogP contribution in [0.4, 0.5) is 5.95 Å². The number of hydrogen-bond acceptors (Lipinski definition) is 5. The van der Waals surface area contributed by atoms with Gasteiger partial charge in [-0.05, 0) is 24.6 Å². The van der Waals surface area contributed by atoms with Gasteiger partial charge < -0.3 is 4.74 Å². The Labute approximate surface area is 120 Å². The number of anilines is 1. The molecule has 20 heavy (non-hydrogen) atoms. The van der Waals surface area contributed by atoms with E-state index >= 15 is 0 Å². The minimum atomic E-state index is -0.237. The smallest absolute Gasteiger partial charge is 0.264 e. The second-order valence-corrected chi connectivity index (χ2v) is 5.52. The molecule has 0 bridgehead atoms. The number of nitrogens with zero attached hydrogens (tertiary/aromatic N) is 3. The van der Waals surface area contributed by atoms with Gasteiger partial charge in [-0.3, -0.25) is 14.7 Å². The quantitative estimate of drug-likeness (QED) is 0.928. The Bertz CT molecular complexity index is 641. The zero-order valence-corrected chi connectivity index (χ0v) is 11.8. The average molecular weight is 290 g/mol. The maximum absolute atomic E-state index is 11.8. The van der Waals surface area contributed by atoms with Crippen LogP contribution in [0.15, 0.2) is 29.4 Å². The third-order valence-corrected chi connectivity index (χ3v) is 3.82. The highest BCUT2D eigenvalue weighted by Gasteiger charge is 2.19. The molecule has 0 saturated carbocycles. The first kappa shape index (κ1) is 13.0. The Kier molecular flexibility index (Phi) is 3.60. The first-order valence-electron chi connectivity index (χ1n) is 6.28. The number of carbonyl (C=O) groups excluding carboxylic acids is 1. The fourth-order valence-electron chi connectivity index (χ4n) is 1.93. The molecule has 2 aromatic rings. The first-order valence-corrected chi connectivity index (χ1v) is 7.26. The Morgan fingerprint density at radius 1 is 1.50 bits per heavy atom. The largest absolute Gasteiger partial charge is 0.484 e. The first-order chi connectivity index (χ1) is 9.72. The van der Waals surface area contributed by atoms with Crippen LogP contribution in [0.1, 0.15) is 5.56 Å². The van der Waals surface area contributed by atoms with Gasteiger partial charge in [0.25, 0.3) is 5.91 Å². The minimum Gasteiger partial charge on any atom is -0.484 e. The van der Waals surface area contributed by atoms with Gasteiger partial charge in [0.05, 0.1) is 0 Å². The molecule has 0 atom stereocenters. The molecule has 0 unspecified atom stereocenters. The van der Waals surface area contributed by atoms with Crippen molar-refractivity contribution in [1.29, 1.82) is 0 Å². The van der Waals surface area contributed by atoms with Crippen LogP contribution >= 0.6 is 11.8 Å². The summed E-state index contributed by atoms with van der Waals surface area (Å²) in [6.45, 7) is 2.75. The molecule has 1 aromatic carbocycles. The topological polar surface area (TPSA) is 69.0 Å². The lowest BCUT2D eigenvalue weighted by atomic mass is 10.2. The molecule has 1 aliphatic heterocycles. The van der Waals surface area contributed by atoms with Crippen LogP contribution in [-0.4, -0.2) is 33.0 Å². The number of thioether (sulfide) groups is 1. The SMILES string of the molecule is Cc1cccc(OCC(=O)Nc2nnc3n2CCS3)c1. The summed E-state index contributed by atoms with van der Waals surface area (Å²) >= 11 is 1.63. The van der Waals surface area contributed by atoms with E-state index in [1.54, 1.807) is 11.8 Å². The number of aryl methyl sites for hydroxylation is 1. The number of fused-ring (bicyclic) bond motifs is 1. The summed E-state index contributed by atoms with van der Waals surface area (Å²) in [5.74, 6) is 1.90. The van der Waals surface area contributed by atoms with Crippen LogP contribution in [0.3, 0.4) is 0 Å². The van der Waals surface area contributed by atoms with E-state index in [1.807, 2.05) is 35.8 Å². The number of amides is 1. The number of nitrogens with one attached hydrogen (secondary N) is 1. The monoisotopic (exact) mass is 290 g/mol. The highest BCUT2D eigenvalue weighted by molar-refractivity contribution is 7.99. The molecule has 3 rings (SSSR count). The number of carbonyl (C=O) groups is 1. The molecule has 1 N–H and O–H groups in total. The lowest BCUT2D eigenvalue weighted by Crippen LogP contribution is -2.22. The van der Waals surface area contributed by atoms with Crippen LogP contribution in [-0.2, 0) is 11.3 Å². The van der Waals surface area contributed by atoms with Crippen molar-refractivity contribution in [2.45, 2.75) is 18.6 Å². The van der Waals surface area contributed by atoms with E-state index in [0.717, 1.165) is 23.0 Å². The third kappa shape index (κ3) is 2.77. The number of aromatic nitrogens is 3. The van der Waals surface area contributed by atoms with Crippen molar-refractivity contribution in [3.05, 3.63) is 29.8 Å². The van der Waals surface area contributed by atoms with Gasteiger partial charge >= 0.3 is 0 Å². The van der Waals surface area contributed by atoms with Crippen molar-refractivity contribution in [3.8, 4) is 5.75 Å². The lowest BCUT2D eigenvalue weighted by molar-refractivity contribution is -0.118. The molecule has 0 aliphatic carbocycles. The van der Waals surface area contributed by atoms with Gasteiger partial charge in [0, 0.05) is 12.3 Å². The van der Waals surface area contributed by atoms with E-state index in [2.05, 4.69) is 15.5 Å². The number of hydrogen-bond donors (Lipinski definition) is 1. The standard InChI is InChI=1S/C13H14N4O2S/c1-9-3-2-4-10(7-9)19-8-11(18)14-12-15-16-13-17(12)5-6-20-13/h2-4,7H,5-6,8H2,1H3,(H,14,15,18). The van der Waals surface area contributed by atoms with E-state index in [-0.39, 0.29) is 12.5 Å². The minimum absolute atomic E-state index is 0.0429. The van der Waals surface area contributed by atoms with Crippen molar-refractivity contribution in [1.82, 2.24) is 14.8 Å². The van der Waals surface area contributed by atoms with Gasteiger partial charge in [-0.2, -0.15) is 0 Å². The van der Waals surface area contributed by atoms with Crippen LogP contribution in [0, 0.1) is 6.92 Å². The van der Waals surface area contributed by atoms with E-state index in [1.165, 1.54) is 0 Å². The predicted molar refractivity (Wildman–Crippen MR) is 76.0 cm³/mol. The summed E-state index contributed by atoms with van der Waals surface area (Å²) in [5, 5.41) is 11.5. The number of rotatable bonds is 4. The lowest BCUT2D eigenvalue weighted by Gasteiger charge is -2.07. The molecule has 1 amide bonds. The maximum atomic E-state index is 11.8. The predicted octanol–water partition coefficient (Wildman–Crippen LogP) is 1.71. The van der Waals surface area contributed by atoms with Gasteiger partial charge in [-0.1, -0.05) is 23.9 Å². The highest BCUT2D eigenvalue weighted by Crippen LogP contribution is 2.26. The van der Waals surface area contributed by atoms with Gasteiger partial charge in [-0.15, -0.1) is 10.2 Å². The van der Waals surface area contributed by atoms with E-state index in [0.29, 0.717) is 11.7 Å². The summed E-state index contributed by atoms with van der Waals surface area (Å²) in [5.41, 5.74) is 1.09. The number of benzene rings is 1. The normalized spacial score (nSPS) is 13.1. The Hall–Kier alpha value is -2.02. The van der Waals surface area contributed by atoms with Crippen molar-refractivity contribution < 1.29 is 9.53 Å². The molecule has 1 aliphatic rings. The fourth-order valence-corrected chi connectivity index (χ4v) is 2.82. The molecular weight excluding hydrogens is 276 g/mol. The molecule has 0 spiro atoms. The van der Waals surface area contributed by atoms with E-state index in [9.17, 15) is 4.79 Å². The molecule has 1 aromatic heterocycles. The van der Waals surface area contributed by atoms with E-state index < -0.39 is 0 Å². The summed E-state index contributed by atoms with van der Waals surface area (Å²) < 4.78 is 7.34. The summed E-state index contributed by atoms with van der Waals surface area (Å²) in [6.07, 6.45) is 0. The van der Waals surface area contributed by atoms with Crippen LogP contribution < -0.4 is 10.1 Å². The molecule has 2 heterocycles. The fraction of sp³-hybridized carbons (Fsp3) is 0.308. The summed E-state index contributed by atoms with van der Waals surface area (Å²) in [4.78, 5) is 11.8. The molecule has 7 heteroatoms. The summed E-state index contributed by atoms with van der Waals surface area (Å²) in [6, 6.07) is 7.58. The van der Waals surface area contributed by atoms with E-state index in [4.69, 9.17) is 4.74 Å². The van der Waals surface area contributed by atoms with Gasteiger partial charge in [0.1, 0.15) is 5.75 Å². The molecular formula is C13H14N4O2S. The van der Waals surface area contributed by atoms with Crippen LogP contribution in [0.2, 0.25) is 0 Å². The summed E-state index contributed by atoms with van der Waals surface area (Å²) in [7, 11) is 0. The molecule has 104 valence electrons. The second-order valence-electron chi connectivity index (χ2n) is 4.46. The van der Waals surface area contributed by atoms with Crippen molar-refractivity contribution in [3.63, 3.8) is 0 Å². The molecule has 6 nitrogen and oxygen atoms in total. The zero-order valence-electron chi connectivity index (χ0n) is 11.0. The number of ether oxygens (including phenoxy) is 1. The Morgan fingerprint density at radius 3 is 3.25 bits per heavy atom. The highest BCUT2D eigenvalue weighted by atomic mass is 32.2. The van der Waals surface area contributed by atoms with Gasteiger partial charge in [0.2, 0.25) is 5.95 Å². The van der Waals surface area contributed by atoms with Crippen molar-refractivity contribution >= 4 is 23.6 Å². The zero-order chi connectivity index (χ0) is 13.9. The maximum Gasteiger partial charge on any atom is 0.264 e. The Morgan fingerprint density at radius 2 is 2.40 bits per heavy atom. The average Bonchev–Trinajstić information content (AvgIpc) is 3.02. The van der Waals surface area contributed by atoms with Crippen LogP contribution in [0.25, 0.3) is 0 Å². The van der Waals surface area contributed by atoms with Crippen molar-refractivity contribution in [2.75, 3.05) is 17.7 Å². The Balaban J connectivity index is 1.57.